The number of hydrogen-bond donors (Lipinski definition) is 0. The van der Waals surface area contributed by atoms with Gasteiger partial charge in [0.05, 0.1) is 18.4 Å². The van der Waals surface area contributed by atoms with Crippen molar-refractivity contribution in [3.63, 3.8) is 0 Å². The lowest BCUT2D eigenvalue weighted by atomic mass is 10.1. The smallest absolute Gasteiger partial charge is 0.414 e. The number of nitrogens with zero attached hydrogens (tertiary/aromatic N) is 3. The summed E-state index contributed by atoms with van der Waals surface area (Å²) >= 11 is 0. The van der Waals surface area contributed by atoms with E-state index in [0.29, 0.717) is 25.1 Å². The van der Waals surface area contributed by atoms with E-state index in [4.69, 9.17) is 9.47 Å². The third kappa shape index (κ3) is 3.25. The number of pyridine rings is 1. The molecule has 1 aromatic heterocycles. The van der Waals surface area contributed by atoms with Crippen LogP contribution in [0.5, 0.6) is 11.6 Å². The van der Waals surface area contributed by atoms with Crippen LogP contribution in [0.3, 0.4) is 0 Å². The highest BCUT2D eigenvalue weighted by atomic mass is 16.6. The predicted molar refractivity (Wildman–Crippen MR) is 101 cm³/mol. The minimum absolute atomic E-state index is 0.323. The molecule has 2 saturated heterocycles. The van der Waals surface area contributed by atoms with E-state index in [-0.39, 0.29) is 6.09 Å². The number of rotatable bonds is 4. The maximum Gasteiger partial charge on any atom is 0.414 e. The zero-order chi connectivity index (χ0) is 18.2. The maximum atomic E-state index is 11.6. The molecule has 1 atom stereocenters. The molecule has 2 fully saturated rings. The van der Waals surface area contributed by atoms with Crippen LogP contribution in [-0.4, -0.2) is 48.3 Å². The first-order valence-electron chi connectivity index (χ1n) is 9.70. The summed E-state index contributed by atoms with van der Waals surface area (Å²) in [5.41, 5.74) is 3.56. The van der Waals surface area contributed by atoms with Gasteiger partial charge in [-0.05, 0) is 68.1 Å². The van der Waals surface area contributed by atoms with Crippen molar-refractivity contribution < 1.29 is 14.3 Å². The van der Waals surface area contributed by atoms with Gasteiger partial charge in [0.1, 0.15) is 12.4 Å². The summed E-state index contributed by atoms with van der Waals surface area (Å²) in [6, 6.07) is 10.6. The average molecular weight is 365 g/mol. The number of cyclic esters (lactones) is 1. The van der Waals surface area contributed by atoms with Crippen LogP contribution in [0.2, 0.25) is 0 Å². The van der Waals surface area contributed by atoms with Crippen LogP contribution in [0, 0.1) is 0 Å². The fraction of sp³-hybridized carbons (Fsp3) is 0.429. The topological polar surface area (TPSA) is 54.9 Å². The number of aromatic nitrogens is 1. The third-order valence-electron chi connectivity index (χ3n) is 5.76. The van der Waals surface area contributed by atoms with Crippen molar-refractivity contribution in [2.45, 2.75) is 31.7 Å². The van der Waals surface area contributed by atoms with Crippen molar-refractivity contribution in [3.05, 3.63) is 47.7 Å². The van der Waals surface area contributed by atoms with Crippen molar-refractivity contribution in [1.82, 2.24) is 9.88 Å². The first kappa shape index (κ1) is 16.6. The lowest BCUT2D eigenvalue weighted by Gasteiger charge is -2.22. The van der Waals surface area contributed by atoms with E-state index in [2.05, 4.69) is 22.0 Å². The zero-order valence-corrected chi connectivity index (χ0v) is 15.3. The van der Waals surface area contributed by atoms with Gasteiger partial charge in [-0.15, -0.1) is 0 Å². The molecule has 1 amide bonds. The molecule has 27 heavy (non-hydrogen) atoms. The molecule has 3 aliphatic rings. The molecule has 1 aliphatic carbocycles. The second-order valence-electron chi connectivity index (χ2n) is 7.46. The molecule has 5 rings (SSSR count). The first-order chi connectivity index (χ1) is 13.3. The van der Waals surface area contributed by atoms with Crippen LogP contribution in [0.25, 0.3) is 0 Å². The fourth-order valence-electron chi connectivity index (χ4n) is 4.34. The molecule has 0 radical (unpaired) electrons. The van der Waals surface area contributed by atoms with Crippen molar-refractivity contribution in [2.24, 2.45) is 0 Å². The Kier molecular flexibility index (Phi) is 4.20. The normalized spacial score (nSPS) is 22.1. The van der Waals surface area contributed by atoms with Gasteiger partial charge in [0, 0.05) is 12.1 Å². The molecule has 3 heterocycles. The van der Waals surface area contributed by atoms with Gasteiger partial charge < -0.3 is 9.47 Å². The zero-order valence-electron chi connectivity index (χ0n) is 15.3. The van der Waals surface area contributed by atoms with E-state index >= 15 is 0 Å². The summed E-state index contributed by atoms with van der Waals surface area (Å²) in [7, 11) is 0. The molecule has 0 saturated carbocycles. The number of ether oxygens (including phenoxy) is 2. The second-order valence-corrected chi connectivity index (χ2v) is 7.46. The highest BCUT2D eigenvalue weighted by Crippen LogP contribution is 2.32. The summed E-state index contributed by atoms with van der Waals surface area (Å²) in [5, 5.41) is 0. The van der Waals surface area contributed by atoms with Crippen molar-refractivity contribution >= 4 is 11.8 Å². The quantitative estimate of drug-likeness (QED) is 0.831. The van der Waals surface area contributed by atoms with Gasteiger partial charge in [0.15, 0.2) is 0 Å². The number of likely N-dealkylation sites (tertiary alicyclic amines) is 1. The summed E-state index contributed by atoms with van der Waals surface area (Å²) in [6.07, 6.45) is 6.25. The number of fused-ring (bicyclic) bond motifs is 1. The van der Waals surface area contributed by atoms with Crippen molar-refractivity contribution in [3.8, 4) is 11.6 Å². The second kappa shape index (κ2) is 6.85. The SMILES string of the molecule is O=C1OCCN1c1ccc(Oc2ccc3c(c2)CC(N2CCCC2)C3)nc1. The van der Waals surface area contributed by atoms with Gasteiger partial charge >= 0.3 is 6.09 Å². The van der Waals surface area contributed by atoms with Crippen LogP contribution in [0.4, 0.5) is 10.5 Å². The average Bonchev–Trinajstić information content (AvgIpc) is 3.42. The van der Waals surface area contributed by atoms with Crippen LogP contribution >= 0.6 is 0 Å². The molecular weight excluding hydrogens is 342 g/mol. The van der Waals surface area contributed by atoms with E-state index < -0.39 is 0 Å². The van der Waals surface area contributed by atoms with E-state index in [9.17, 15) is 4.79 Å². The molecule has 2 aliphatic heterocycles. The Labute approximate surface area is 158 Å². The molecule has 0 N–H and O–H groups in total. The van der Waals surface area contributed by atoms with Crippen LogP contribution in [0.15, 0.2) is 36.5 Å². The molecular formula is C21H23N3O3. The van der Waals surface area contributed by atoms with E-state index in [1.807, 2.05) is 12.1 Å². The standard InChI is InChI=1S/C21H23N3O3/c25-21-24(9-10-26-21)17-4-6-20(22-14-17)27-19-5-3-15-11-18(12-16(15)13-19)23-7-1-2-8-23/h3-6,13-14,18H,1-2,7-12H2. The van der Waals surface area contributed by atoms with Crippen molar-refractivity contribution in [2.75, 3.05) is 31.1 Å². The highest BCUT2D eigenvalue weighted by Gasteiger charge is 2.28. The highest BCUT2D eigenvalue weighted by molar-refractivity contribution is 5.89. The van der Waals surface area contributed by atoms with Gasteiger partial charge in [-0.3, -0.25) is 9.80 Å². The Morgan fingerprint density at radius 2 is 1.89 bits per heavy atom. The number of hydrogen-bond acceptors (Lipinski definition) is 5. The number of amides is 1. The monoisotopic (exact) mass is 365 g/mol. The fourth-order valence-corrected chi connectivity index (χ4v) is 4.34. The molecule has 140 valence electrons. The molecule has 6 heteroatoms. The third-order valence-corrected chi connectivity index (χ3v) is 5.76. The Bertz CT molecular complexity index is 846. The van der Waals surface area contributed by atoms with Gasteiger partial charge in [0.2, 0.25) is 5.88 Å². The minimum atomic E-state index is -0.323. The summed E-state index contributed by atoms with van der Waals surface area (Å²) in [4.78, 5) is 20.2. The van der Waals surface area contributed by atoms with Crippen LogP contribution in [-0.2, 0) is 17.6 Å². The van der Waals surface area contributed by atoms with Crippen molar-refractivity contribution in [1.29, 1.82) is 0 Å². The number of benzene rings is 1. The number of carbonyl (C=O) groups excluding carboxylic acids is 1. The van der Waals surface area contributed by atoms with E-state index in [1.54, 1.807) is 17.2 Å². The molecule has 6 nitrogen and oxygen atoms in total. The largest absolute Gasteiger partial charge is 0.447 e. The molecule has 1 unspecified atom stereocenters. The molecule has 0 spiro atoms. The van der Waals surface area contributed by atoms with Gasteiger partial charge in [-0.1, -0.05) is 6.07 Å². The van der Waals surface area contributed by atoms with Gasteiger partial charge in [-0.25, -0.2) is 9.78 Å². The molecule has 1 aromatic carbocycles. The maximum absolute atomic E-state index is 11.6. The summed E-state index contributed by atoms with van der Waals surface area (Å²) < 4.78 is 10.9. The van der Waals surface area contributed by atoms with Crippen LogP contribution < -0.4 is 9.64 Å². The Balaban J connectivity index is 1.27. The Morgan fingerprint density at radius 1 is 1.04 bits per heavy atom. The molecule has 0 bridgehead atoms. The number of carbonyl (C=O) groups is 1. The van der Waals surface area contributed by atoms with Crippen LogP contribution in [0.1, 0.15) is 24.0 Å². The summed E-state index contributed by atoms with van der Waals surface area (Å²) in [6.45, 7) is 3.46. The predicted octanol–water partition coefficient (Wildman–Crippen LogP) is 3.39. The lowest BCUT2D eigenvalue weighted by Crippen LogP contribution is -2.33. The van der Waals surface area contributed by atoms with E-state index in [1.165, 1.54) is 37.1 Å². The van der Waals surface area contributed by atoms with Gasteiger partial charge in [-0.2, -0.15) is 0 Å². The number of anilines is 1. The van der Waals surface area contributed by atoms with Gasteiger partial charge in [0.25, 0.3) is 0 Å². The Hall–Kier alpha value is -2.60. The summed E-state index contributed by atoms with van der Waals surface area (Å²) in [5.74, 6) is 1.34. The lowest BCUT2D eigenvalue weighted by molar-refractivity contribution is 0.181. The first-order valence-corrected chi connectivity index (χ1v) is 9.70. The molecule has 2 aromatic rings. The van der Waals surface area contributed by atoms with E-state index in [0.717, 1.165) is 24.3 Å². The minimum Gasteiger partial charge on any atom is -0.447 e. The Morgan fingerprint density at radius 3 is 2.63 bits per heavy atom.